The third kappa shape index (κ3) is 1.16. The van der Waals surface area contributed by atoms with Gasteiger partial charge in [-0.05, 0) is 32.1 Å². The Morgan fingerprint density at radius 1 is 1.44 bits per heavy atom. The third-order valence-electron chi connectivity index (χ3n) is 5.91. The van der Waals surface area contributed by atoms with Crippen LogP contribution in [0.2, 0.25) is 0 Å². The van der Waals surface area contributed by atoms with Gasteiger partial charge in [0.25, 0.3) is 0 Å². The van der Waals surface area contributed by atoms with E-state index in [9.17, 15) is 4.79 Å². The molecule has 4 aliphatic rings. The molecule has 0 bridgehead atoms. The molecular weight excluding hydrogens is 228 g/mol. The number of carbonyl (C=O) groups is 1. The zero-order valence-electron chi connectivity index (χ0n) is 11.0. The molecule has 3 heteroatoms. The summed E-state index contributed by atoms with van der Waals surface area (Å²) in [6.07, 6.45) is 3.61. The van der Waals surface area contributed by atoms with Crippen molar-refractivity contribution in [3.8, 4) is 0 Å². The van der Waals surface area contributed by atoms with E-state index in [-0.39, 0.29) is 23.6 Å². The van der Waals surface area contributed by atoms with E-state index in [1.54, 1.807) is 0 Å². The van der Waals surface area contributed by atoms with Crippen LogP contribution < -0.4 is 0 Å². The van der Waals surface area contributed by atoms with Crippen LogP contribution in [-0.4, -0.2) is 23.8 Å². The second kappa shape index (κ2) is 3.19. The summed E-state index contributed by atoms with van der Waals surface area (Å²) in [6, 6.07) is 0. The van der Waals surface area contributed by atoms with E-state index < -0.39 is 0 Å². The van der Waals surface area contributed by atoms with Crippen LogP contribution in [-0.2, 0) is 14.3 Å². The molecule has 4 rings (SSSR count). The number of hydrogen-bond acceptors (Lipinski definition) is 3. The average Bonchev–Trinajstić information content (AvgIpc) is 2.82. The summed E-state index contributed by atoms with van der Waals surface area (Å²) in [4.78, 5) is 11.9. The maximum atomic E-state index is 11.9. The first kappa shape index (κ1) is 11.0. The van der Waals surface area contributed by atoms with E-state index in [0.717, 1.165) is 19.3 Å². The Balaban J connectivity index is 1.75. The van der Waals surface area contributed by atoms with Gasteiger partial charge in [0.05, 0.1) is 17.6 Å². The Labute approximate surface area is 108 Å². The predicted molar refractivity (Wildman–Crippen MR) is 65.8 cm³/mol. The Morgan fingerprint density at radius 3 is 3.00 bits per heavy atom. The minimum absolute atomic E-state index is 0.0102. The minimum Gasteiger partial charge on any atom is -0.461 e. The van der Waals surface area contributed by atoms with Crippen LogP contribution in [0.3, 0.4) is 0 Å². The molecule has 2 heterocycles. The van der Waals surface area contributed by atoms with E-state index in [1.165, 1.54) is 5.57 Å². The molecule has 0 radical (unpaired) electrons. The van der Waals surface area contributed by atoms with Crippen molar-refractivity contribution in [1.82, 2.24) is 0 Å². The van der Waals surface area contributed by atoms with Crippen molar-refractivity contribution in [3.05, 3.63) is 12.2 Å². The van der Waals surface area contributed by atoms with Gasteiger partial charge in [-0.1, -0.05) is 19.1 Å². The summed E-state index contributed by atoms with van der Waals surface area (Å²) >= 11 is 0. The van der Waals surface area contributed by atoms with Gasteiger partial charge in [-0.25, -0.2) is 0 Å². The van der Waals surface area contributed by atoms with E-state index >= 15 is 0 Å². The zero-order valence-corrected chi connectivity index (χ0v) is 11.0. The summed E-state index contributed by atoms with van der Waals surface area (Å²) in [7, 11) is 0. The van der Waals surface area contributed by atoms with Crippen molar-refractivity contribution in [3.63, 3.8) is 0 Å². The molecule has 2 saturated carbocycles. The molecule has 2 aliphatic heterocycles. The van der Waals surface area contributed by atoms with Gasteiger partial charge in [0.1, 0.15) is 6.10 Å². The van der Waals surface area contributed by atoms with Crippen LogP contribution in [0, 0.1) is 23.7 Å². The average molecular weight is 248 g/mol. The number of carbonyl (C=O) groups excluding carboxylic acids is 1. The predicted octanol–water partition coefficient (Wildman–Crippen LogP) is 2.31. The van der Waals surface area contributed by atoms with Crippen molar-refractivity contribution in [2.45, 2.75) is 50.9 Å². The van der Waals surface area contributed by atoms with Crippen molar-refractivity contribution >= 4 is 5.97 Å². The van der Waals surface area contributed by atoms with Gasteiger partial charge in [0.15, 0.2) is 0 Å². The van der Waals surface area contributed by atoms with Gasteiger partial charge in [-0.3, -0.25) is 4.79 Å². The molecule has 3 nitrogen and oxygen atoms in total. The number of hydrogen-bond donors (Lipinski definition) is 0. The highest BCUT2D eigenvalue weighted by atomic mass is 16.6. The normalized spacial score (nSPS) is 57.4. The number of epoxide rings is 1. The largest absolute Gasteiger partial charge is 0.461 e. The van der Waals surface area contributed by atoms with Crippen LogP contribution in [0.15, 0.2) is 12.2 Å². The fourth-order valence-electron chi connectivity index (χ4n) is 4.68. The fraction of sp³-hybridized carbons (Fsp3) is 0.800. The molecule has 0 aromatic rings. The van der Waals surface area contributed by atoms with Crippen LogP contribution >= 0.6 is 0 Å². The molecule has 98 valence electrons. The third-order valence-corrected chi connectivity index (χ3v) is 5.91. The van der Waals surface area contributed by atoms with E-state index in [2.05, 4.69) is 13.5 Å². The highest BCUT2D eigenvalue weighted by molar-refractivity contribution is 5.75. The smallest absolute Gasteiger partial charge is 0.309 e. The fourth-order valence-corrected chi connectivity index (χ4v) is 4.68. The van der Waals surface area contributed by atoms with E-state index in [0.29, 0.717) is 23.9 Å². The molecule has 7 atom stereocenters. The molecule has 0 aromatic heterocycles. The van der Waals surface area contributed by atoms with E-state index in [4.69, 9.17) is 9.47 Å². The van der Waals surface area contributed by atoms with Crippen molar-refractivity contribution < 1.29 is 14.3 Å². The number of ether oxygens (including phenoxy) is 2. The van der Waals surface area contributed by atoms with Crippen LogP contribution in [0.4, 0.5) is 0 Å². The minimum atomic E-state index is -0.0504. The summed E-state index contributed by atoms with van der Waals surface area (Å²) in [5.74, 6) is 1.24. The first-order valence-electron chi connectivity index (χ1n) is 7.08. The lowest BCUT2D eigenvalue weighted by Crippen LogP contribution is -2.37. The van der Waals surface area contributed by atoms with Gasteiger partial charge in [-0.15, -0.1) is 0 Å². The van der Waals surface area contributed by atoms with Crippen LogP contribution in [0.1, 0.15) is 33.1 Å². The molecule has 0 aromatic carbocycles. The molecule has 18 heavy (non-hydrogen) atoms. The molecule has 4 fully saturated rings. The molecule has 2 saturated heterocycles. The first-order valence-corrected chi connectivity index (χ1v) is 7.08. The summed E-state index contributed by atoms with van der Waals surface area (Å²) in [5, 5.41) is 0. The SMILES string of the molecule is C=C1CC[C@H]2[C@@H](OC(=O)[C@@H]2C)[C@H]2[C@@H]1C[C@@H]1O[C@]21C. The Morgan fingerprint density at radius 2 is 2.22 bits per heavy atom. The number of esters is 1. The monoisotopic (exact) mass is 248 g/mol. The summed E-state index contributed by atoms with van der Waals surface area (Å²) in [5.41, 5.74) is 1.31. The van der Waals surface area contributed by atoms with Gasteiger partial charge >= 0.3 is 5.97 Å². The van der Waals surface area contributed by atoms with Gasteiger partial charge < -0.3 is 9.47 Å². The Bertz CT molecular complexity index is 443. The second-order valence-corrected chi connectivity index (χ2v) is 6.71. The first-order chi connectivity index (χ1) is 8.52. The number of fused-ring (bicyclic) bond motifs is 5. The molecule has 0 spiro atoms. The summed E-state index contributed by atoms with van der Waals surface area (Å²) < 4.78 is 11.6. The lowest BCUT2D eigenvalue weighted by Gasteiger charge is -2.30. The zero-order chi connectivity index (χ0) is 12.7. The molecular formula is C15H20O3. The standard InChI is InChI=1S/C15H20O3/c1-7-4-5-9-8(2)14(16)17-13(9)12-10(7)6-11-15(12,3)18-11/h8-13H,1,4-6H2,2-3H3/t8-,9-,10-,11+,12-,13-,15+/m1/s1. The highest BCUT2D eigenvalue weighted by Gasteiger charge is 2.70. The quantitative estimate of drug-likeness (QED) is 0.375. The molecule has 2 aliphatic carbocycles. The van der Waals surface area contributed by atoms with Crippen LogP contribution in [0.5, 0.6) is 0 Å². The maximum absolute atomic E-state index is 11.9. The molecule has 0 unspecified atom stereocenters. The van der Waals surface area contributed by atoms with Crippen molar-refractivity contribution in [2.75, 3.05) is 0 Å². The van der Waals surface area contributed by atoms with Gasteiger partial charge in [0.2, 0.25) is 0 Å². The Kier molecular flexibility index (Phi) is 1.95. The van der Waals surface area contributed by atoms with Gasteiger partial charge in [-0.2, -0.15) is 0 Å². The summed E-state index contributed by atoms with van der Waals surface area (Å²) in [6.45, 7) is 8.48. The second-order valence-electron chi connectivity index (χ2n) is 6.71. The van der Waals surface area contributed by atoms with Crippen molar-refractivity contribution in [2.24, 2.45) is 23.7 Å². The Hall–Kier alpha value is -0.830. The maximum Gasteiger partial charge on any atom is 0.309 e. The molecule has 0 N–H and O–H groups in total. The van der Waals surface area contributed by atoms with Crippen LogP contribution in [0.25, 0.3) is 0 Å². The molecule has 0 amide bonds. The lowest BCUT2D eigenvalue weighted by molar-refractivity contribution is -0.147. The van der Waals surface area contributed by atoms with E-state index in [1.807, 2.05) is 6.92 Å². The topological polar surface area (TPSA) is 38.8 Å². The lowest BCUT2D eigenvalue weighted by atomic mass is 9.77. The highest BCUT2D eigenvalue weighted by Crippen LogP contribution is 2.63. The number of rotatable bonds is 0. The van der Waals surface area contributed by atoms with Gasteiger partial charge in [0, 0.05) is 11.8 Å². The van der Waals surface area contributed by atoms with Crippen molar-refractivity contribution in [1.29, 1.82) is 0 Å². The number of allylic oxidation sites excluding steroid dienone is 1.